The smallest absolute Gasteiger partial charge is 0.269 e. The molecule has 3 rings (SSSR count). The standard InChI is InChI=1S/C19H14Cl2N2O4/c1-2-27-8-7-12-10-15(20)17(21)18-16(12)14(19(24)22-18)9-11-3-5-13(6-4-11)23(25)26/h3-10H,2H2,1H3,(H,22,24)/b8-7-,14-9-. The molecular formula is C19H14Cl2N2O4. The highest BCUT2D eigenvalue weighted by molar-refractivity contribution is 6.47. The van der Waals surface area contributed by atoms with Crippen LogP contribution in [0.5, 0.6) is 0 Å². The Bertz CT molecular complexity index is 982. The lowest BCUT2D eigenvalue weighted by molar-refractivity contribution is -0.384. The van der Waals surface area contributed by atoms with Crippen LogP contribution in [-0.2, 0) is 9.53 Å². The van der Waals surface area contributed by atoms with Crippen LogP contribution in [-0.4, -0.2) is 17.4 Å². The molecule has 1 aliphatic heterocycles. The summed E-state index contributed by atoms with van der Waals surface area (Å²) in [6.45, 7) is 2.36. The van der Waals surface area contributed by atoms with Gasteiger partial charge in [-0.3, -0.25) is 14.9 Å². The van der Waals surface area contributed by atoms with Crippen molar-refractivity contribution in [3.05, 3.63) is 73.4 Å². The van der Waals surface area contributed by atoms with Gasteiger partial charge in [0.05, 0.1) is 39.1 Å². The van der Waals surface area contributed by atoms with Crippen molar-refractivity contribution in [3.63, 3.8) is 0 Å². The second-order valence-corrected chi connectivity index (χ2v) is 6.42. The Hall–Kier alpha value is -2.83. The van der Waals surface area contributed by atoms with Gasteiger partial charge in [-0.1, -0.05) is 23.2 Å². The predicted molar refractivity (Wildman–Crippen MR) is 107 cm³/mol. The highest BCUT2D eigenvalue weighted by Gasteiger charge is 2.30. The van der Waals surface area contributed by atoms with E-state index < -0.39 is 4.92 Å². The minimum atomic E-state index is -0.479. The number of carbonyl (C=O) groups excluding carboxylic acids is 1. The van der Waals surface area contributed by atoms with Crippen molar-refractivity contribution in [2.24, 2.45) is 0 Å². The van der Waals surface area contributed by atoms with Gasteiger partial charge < -0.3 is 10.1 Å². The third-order valence-electron chi connectivity index (χ3n) is 3.93. The summed E-state index contributed by atoms with van der Waals surface area (Å²) in [5.41, 5.74) is 2.70. The van der Waals surface area contributed by atoms with E-state index in [-0.39, 0.29) is 16.6 Å². The van der Waals surface area contributed by atoms with Crippen LogP contribution < -0.4 is 5.32 Å². The van der Waals surface area contributed by atoms with Crippen LogP contribution >= 0.6 is 23.2 Å². The number of nitro groups is 1. The van der Waals surface area contributed by atoms with Crippen molar-refractivity contribution in [1.29, 1.82) is 0 Å². The molecular weight excluding hydrogens is 391 g/mol. The topological polar surface area (TPSA) is 81.5 Å². The van der Waals surface area contributed by atoms with E-state index >= 15 is 0 Å². The summed E-state index contributed by atoms with van der Waals surface area (Å²) in [5.74, 6) is -0.335. The van der Waals surface area contributed by atoms with E-state index in [1.807, 2.05) is 6.92 Å². The van der Waals surface area contributed by atoms with Crippen LogP contribution in [0.2, 0.25) is 10.0 Å². The number of nitro benzene ring substituents is 1. The molecule has 0 aliphatic carbocycles. The molecule has 6 nitrogen and oxygen atoms in total. The Morgan fingerprint density at radius 3 is 2.59 bits per heavy atom. The van der Waals surface area contributed by atoms with E-state index in [0.717, 1.165) is 0 Å². The van der Waals surface area contributed by atoms with E-state index in [2.05, 4.69) is 5.32 Å². The number of carbonyl (C=O) groups is 1. The van der Waals surface area contributed by atoms with Crippen molar-refractivity contribution >= 4 is 58.2 Å². The third-order valence-corrected chi connectivity index (χ3v) is 4.72. The van der Waals surface area contributed by atoms with E-state index in [1.54, 1.807) is 30.4 Å². The number of halogens is 2. The predicted octanol–water partition coefficient (Wildman–Crippen LogP) is 5.40. The maximum absolute atomic E-state index is 12.5. The van der Waals surface area contributed by atoms with E-state index in [9.17, 15) is 14.9 Å². The second kappa shape index (κ2) is 7.82. The number of ether oxygens (including phenoxy) is 1. The van der Waals surface area contributed by atoms with Crippen molar-refractivity contribution < 1.29 is 14.5 Å². The first kappa shape index (κ1) is 18.9. The number of amides is 1. The lowest BCUT2D eigenvalue weighted by Gasteiger charge is -2.08. The summed E-state index contributed by atoms with van der Waals surface area (Å²) in [5, 5.41) is 14.1. The maximum Gasteiger partial charge on any atom is 0.269 e. The average Bonchev–Trinajstić information content (AvgIpc) is 2.97. The first-order chi connectivity index (χ1) is 12.9. The largest absolute Gasteiger partial charge is 0.501 e. The monoisotopic (exact) mass is 404 g/mol. The Kier molecular flexibility index (Phi) is 5.48. The van der Waals surface area contributed by atoms with Crippen LogP contribution in [0.15, 0.2) is 36.6 Å². The maximum atomic E-state index is 12.5. The molecule has 27 heavy (non-hydrogen) atoms. The molecule has 2 aromatic rings. The lowest BCUT2D eigenvalue weighted by atomic mass is 9.98. The van der Waals surface area contributed by atoms with Gasteiger partial charge in [-0.25, -0.2) is 0 Å². The molecule has 0 bridgehead atoms. The molecule has 1 aliphatic rings. The van der Waals surface area contributed by atoms with Crippen LogP contribution in [0.25, 0.3) is 17.7 Å². The molecule has 2 aromatic carbocycles. The van der Waals surface area contributed by atoms with Gasteiger partial charge in [-0.05, 0) is 48.4 Å². The third kappa shape index (κ3) is 3.82. The number of nitrogens with one attached hydrogen (secondary N) is 1. The lowest BCUT2D eigenvalue weighted by Crippen LogP contribution is -2.03. The summed E-state index contributed by atoms with van der Waals surface area (Å²) >= 11 is 12.4. The van der Waals surface area contributed by atoms with Crippen LogP contribution in [0.1, 0.15) is 23.6 Å². The minimum absolute atomic E-state index is 0.0245. The quantitative estimate of drug-likeness (QED) is 0.313. The molecule has 0 spiro atoms. The number of anilines is 1. The molecule has 1 heterocycles. The fraction of sp³-hybridized carbons (Fsp3) is 0.105. The SMILES string of the molecule is CCO/C=C\c1cc(Cl)c(Cl)c2c1/C(=C/c1ccc([N+](=O)[O-])cc1)C(=O)N2. The molecule has 0 aromatic heterocycles. The summed E-state index contributed by atoms with van der Waals surface area (Å²) in [7, 11) is 0. The average molecular weight is 405 g/mol. The highest BCUT2D eigenvalue weighted by atomic mass is 35.5. The van der Waals surface area contributed by atoms with Gasteiger partial charge >= 0.3 is 0 Å². The van der Waals surface area contributed by atoms with Crippen molar-refractivity contribution in [2.45, 2.75) is 6.92 Å². The van der Waals surface area contributed by atoms with Crippen molar-refractivity contribution in [2.75, 3.05) is 11.9 Å². The molecule has 138 valence electrons. The summed E-state index contributed by atoms with van der Waals surface area (Å²) in [6, 6.07) is 7.56. The van der Waals surface area contributed by atoms with E-state index in [1.165, 1.54) is 18.4 Å². The Balaban J connectivity index is 2.11. The molecule has 1 amide bonds. The number of hydrogen-bond acceptors (Lipinski definition) is 4. The van der Waals surface area contributed by atoms with Crippen molar-refractivity contribution in [1.82, 2.24) is 0 Å². The second-order valence-electron chi connectivity index (χ2n) is 5.63. The number of fused-ring (bicyclic) bond motifs is 1. The highest BCUT2D eigenvalue weighted by Crippen LogP contribution is 2.44. The summed E-state index contributed by atoms with van der Waals surface area (Å²) in [4.78, 5) is 22.8. The summed E-state index contributed by atoms with van der Waals surface area (Å²) in [6.07, 6.45) is 4.87. The molecule has 0 radical (unpaired) electrons. The normalized spacial score (nSPS) is 14.5. The number of non-ortho nitro benzene ring substituents is 1. The van der Waals surface area contributed by atoms with Crippen molar-refractivity contribution in [3.8, 4) is 0 Å². The van der Waals surface area contributed by atoms with Gasteiger partial charge in [0.2, 0.25) is 0 Å². The Morgan fingerprint density at radius 2 is 1.96 bits per heavy atom. The molecule has 0 fully saturated rings. The van der Waals surface area contributed by atoms with E-state index in [0.29, 0.717) is 39.6 Å². The first-order valence-corrected chi connectivity index (χ1v) is 8.76. The van der Waals surface area contributed by atoms with Gasteiger partial charge in [0, 0.05) is 17.7 Å². The van der Waals surface area contributed by atoms with E-state index in [4.69, 9.17) is 27.9 Å². The van der Waals surface area contributed by atoms with Gasteiger partial charge in [0.25, 0.3) is 11.6 Å². The minimum Gasteiger partial charge on any atom is -0.501 e. The number of nitrogens with zero attached hydrogens (tertiary/aromatic N) is 1. The Labute approximate surface area is 165 Å². The van der Waals surface area contributed by atoms with Gasteiger partial charge in [-0.15, -0.1) is 0 Å². The number of hydrogen-bond donors (Lipinski definition) is 1. The first-order valence-electron chi connectivity index (χ1n) is 8.00. The fourth-order valence-electron chi connectivity index (χ4n) is 2.69. The van der Waals surface area contributed by atoms with Gasteiger partial charge in [0.1, 0.15) is 0 Å². The number of rotatable bonds is 5. The van der Waals surface area contributed by atoms with Gasteiger partial charge in [-0.2, -0.15) is 0 Å². The zero-order valence-electron chi connectivity index (χ0n) is 14.2. The van der Waals surface area contributed by atoms with Crippen LogP contribution in [0, 0.1) is 10.1 Å². The molecule has 0 atom stereocenters. The summed E-state index contributed by atoms with van der Waals surface area (Å²) < 4.78 is 5.24. The zero-order chi connectivity index (χ0) is 19.6. The van der Waals surface area contributed by atoms with Crippen LogP contribution in [0.3, 0.4) is 0 Å². The molecule has 0 unspecified atom stereocenters. The zero-order valence-corrected chi connectivity index (χ0v) is 15.7. The molecule has 0 saturated carbocycles. The Morgan fingerprint density at radius 1 is 1.26 bits per heavy atom. The molecule has 0 saturated heterocycles. The molecule has 1 N–H and O–H groups in total. The molecule has 8 heteroatoms. The fourth-order valence-corrected chi connectivity index (χ4v) is 3.10. The van der Waals surface area contributed by atoms with Gasteiger partial charge in [0.15, 0.2) is 0 Å². The number of benzene rings is 2. The van der Waals surface area contributed by atoms with Crippen LogP contribution in [0.4, 0.5) is 11.4 Å².